The van der Waals surface area contributed by atoms with Gasteiger partial charge in [-0.1, -0.05) is 6.07 Å². The summed E-state index contributed by atoms with van der Waals surface area (Å²) in [6.07, 6.45) is 3.97. The fourth-order valence-electron chi connectivity index (χ4n) is 1.33. The number of hydrogen-bond donors (Lipinski definition) is 0. The highest BCUT2D eigenvalue weighted by atomic mass is 32.2. The number of alkyl halides is 3. The zero-order valence-electron chi connectivity index (χ0n) is 8.76. The Kier molecular flexibility index (Phi) is 3.03. The number of rotatable bonds is 2. The number of fused-ring (bicyclic) bond motifs is 1. The lowest BCUT2D eigenvalue weighted by Gasteiger charge is -2.23. The Hall–Kier alpha value is -1.61. The van der Waals surface area contributed by atoms with Crippen LogP contribution in [0.3, 0.4) is 0 Å². The molecule has 5 nitrogen and oxygen atoms in total. The average Bonchev–Trinajstić information content (AvgIpc) is 2.27. The predicted octanol–water partition coefficient (Wildman–Crippen LogP) is 1.65. The number of halogens is 3. The highest BCUT2D eigenvalue weighted by Crippen LogP contribution is 2.27. The van der Waals surface area contributed by atoms with E-state index >= 15 is 0 Å². The fraction of sp³-hybridized carbons (Fsp3) is 0.222. The van der Waals surface area contributed by atoms with Crippen LogP contribution < -0.4 is 0 Å². The van der Waals surface area contributed by atoms with Crippen molar-refractivity contribution in [2.45, 2.75) is 12.1 Å². The molecule has 0 bridgehead atoms. The molecule has 9 heteroatoms. The van der Waals surface area contributed by atoms with Gasteiger partial charge >= 0.3 is 15.6 Å². The molecule has 0 amide bonds. The molecule has 0 fully saturated rings. The van der Waals surface area contributed by atoms with Gasteiger partial charge in [-0.25, -0.2) is 5.06 Å². The molecule has 0 spiro atoms. The van der Waals surface area contributed by atoms with E-state index in [1.54, 1.807) is 12.1 Å². The molecule has 0 saturated carbocycles. The number of hydrogen-bond acceptors (Lipinski definition) is 5. The van der Waals surface area contributed by atoms with Crippen LogP contribution in [0.25, 0.3) is 6.08 Å². The van der Waals surface area contributed by atoms with Crippen LogP contribution in [0.15, 0.2) is 24.5 Å². The number of nitrogens with zero attached hydrogens (tertiary/aromatic N) is 2. The van der Waals surface area contributed by atoms with Gasteiger partial charge in [0.2, 0.25) is 0 Å². The van der Waals surface area contributed by atoms with E-state index in [0.717, 1.165) is 6.20 Å². The highest BCUT2D eigenvalue weighted by molar-refractivity contribution is 7.87. The van der Waals surface area contributed by atoms with E-state index in [1.807, 2.05) is 0 Å². The molecule has 18 heavy (non-hydrogen) atoms. The summed E-state index contributed by atoms with van der Waals surface area (Å²) in [5.74, 6) is 0. The summed E-state index contributed by atoms with van der Waals surface area (Å²) in [4.78, 5) is 3.96. The second-order valence-electron chi connectivity index (χ2n) is 3.41. The van der Waals surface area contributed by atoms with Crippen molar-refractivity contribution in [3.63, 3.8) is 0 Å². The molecule has 0 aliphatic carbocycles. The first kappa shape index (κ1) is 12.8. The maximum absolute atomic E-state index is 12.1. The normalized spacial score (nSPS) is 15.6. The lowest BCUT2D eigenvalue weighted by Crippen LogP contribution is -2.32. The largest absolute Gasteiger partial charge is 0.525 e. The molecule has 0 unspecified atom stereocenters. The van der Waals surface area contributed by atoms with Gasteiger partial charge in [0.25, 0.3) is 0 Å². The van der Waals surface area contributed by atoms with Crippen molar-refractivity contribution in [3.05, 3.63) is 35.8 Å². The van der Waals surface area contributed by atoms with Gasteiger partial charge in [-0.3, -0.25) is 4.98 Å². The van der Waals surface area contributed by atoms with E-state index in [2.05, 4.69) is 9.27 Å². The quantitative estimate of drug-likeness (QED) is 0.771. The Morgan fingerprint density at radius 3 is 2.78 bits per heavy atom. The lowest BCUT2D eigenvalue weighted by atomic mass is 10.1. The first-order valence-corrected chi connectivity index (χ1v) is 6.10. The zero-order chi connectivity index (χ0) is 13.4. The van der Waals surface area contributed by atoms with Crippen molar-refractivity contribution in [3.8, 4) is 0 Å². The minimum atomic E-state index is -5.65. The molecule has 1 aliphatic rings. The first-order chi connectivity index (χ1) is 8.29. The fourth-order valence-corrected chi connectivity index (χ4v) is 1.77. The topological polar surface area (TPSA) is 59.5 Å². The molecule has 0 radical (unpaired) electrons. The van der Waals surface area contributed by atoms with Crippen LogP contribution in [0, 0.1) is 0 Å². The molecule has 0 saturated heterocycles. The van der Waals surface area contributed by atoms with Crippen molar-refractivity contribution < 1.29 is 25.9 Å². The van der Waals surface area contributed by atoms with Gasteiger partial charge in [-0.2, -0.15) is 21.6 Å². The third-order valence-electron chi connectivity index (χ3n) is 2.13. The van der Waals surface area contributed by atoms with Crippen molar-refractivity contribution in [1.82, 2.24) is 10.0 Å². The summed E-state index contributed by atoms with van der Waals surface area (Å²) in [6, 6.07) is 3.21. The number of aromatic nitrogens is 1. The van der Waals surface area contributed by atoms with E-state index in [-0.39, 0.29) is 6.54 Å². The number of hydroxylamine groups is 2. The van der Waals surface area contributed by atoms with Crippen LogP contribution in [0.2, 0.25) is 0 Å². The highest BCUT2D eigenvalue weighted by Gasteiger charge is 2.49. The molecule has 98 valence electrons. The zero-order valence-corrected chi connectivity index (χ0v) is 9.57. The van der Waals surface area contributed by atoms with Crippen LogP contribution in [-0.2, 0) is 20.9 Å². The molecule has 1 aliphatic heterocycles. The van der Waals surface area contributed by atoms with E-state index in [0.29, 0.717) is 16.3 Å². The minimum absolute atomic E-state index is 0.130. The van der Waals surface area contributed by atoms with Gasteiger partial charge in [-0.15, -0.1) is 4.28 Å². The second kappa shape index (κ2) is 4.25. The van der Waals surface area contributed by atoms with E-state index in [1.165, 1.54) is 12.3 Å². The smallest absolute Gasteiger partial charge is 0.256 e. The third-order valence-corrected chi connectivity index (χ3v) is 3.08. The lowest BCUT2D eigenvalue weighted by molar-refractivity contribution is -0.0853. The van der Waals surface area contributed by atoms with Crippen LogP contribution in [0.5, 0.6) is 0 Å². The molecular weight excluding hydrogens is 273 g/mol. The monoisotopic (exact) mass is 280 g/mol. The van der Waals surface area contributed by atoms with Crippen LogP contribution >= 0.6 is 0 Å². The van der Waals surface area contributed by atoms with Gasteiger partial charge < -0.3 is 0 Å². The summed E-state index contributed by atoms with van der Waals surface area (Å²) in [5, 5.41) is 0.590. The van der Waals surface area contributed by atoms with E-state index in [4.69, 9.17) is 0 Å². The van der Waals surface area contributed by atoms with Gasteiger partial charge in [-0.05, 0) is 17.7 Å². The third kappa shape index (κ3) is 2.46. The Labute approximate surface area is 101 Å². The second-order valence-corrected chi connectivity index (χ2v) is 4.93. The Morgan fingerprint density at radius 2 is 2.11 bits per heavy atom. The van der Waals surface area contributed by atoms with Crippen molar-refractivity contribution in [1.29, 1.82) is 0 Å². The molecule has 2 rings (SSSR count). The molecular formula is C9H7F3N2O3S. The first-order valence-electron chi connectivity index (χ1n) is 4.69. The predicted molar refractivity (Wildman–Crippen MR) is 54.9 cm³/mol. The SMILES string of the molecule is O=S(=O)(ON1C=Cc2ncccc2C1)C(F)(F)F. The van der Waals surface area contributed by atoms with Crippen molar-refractivity contribution in [2.24, 2.45) is 0 Å². The van der Waals surface area contributed by atoms with Gasteiger partial charge in [0.15, 0.2) is 0 Å². The summed E-state index contributed by atoms with van der Waals surface area (Å²) in [6.45, 7) is -0.130. The maximum Gasteiger partial charge on any atom is 0.525 e. The minimum Gasteiger partial charge on any atom is -0.256 e. The standard InChI is InChI=1S/C9H7F3N2O3S/c10-9(11,12)18(15,16)17-14-5-3-8-7(6-14)2-1-4-13-8/h1-5H,6H2. The molecule has 0 N–H and O–H groups in total. The van der Waals surface area contributed by atoms with Gasteiger partial charge in [0.05, 0.1) is 12.2 Å². The van der Waals surface area contributed by atoms with Crippen LogP contribution in [-0.4, -0.2) is 24.0 Å². The molecule has 1 aromatic rings. The summed E-state index contributed by atoms with van der Waals surface area (Å²) in [7, 11) is -5.65. The van der Waals surface area contributed by atoms with E-state index < -0.39 is 15.6 Å². The Morgan fingerprint density at radius 1 is 1.39 bits per heavy atom. The molecule has 0 atom stereocenters. The van der Waals surface area contributed by atoms with E-state index in [9.17, 15) is 21.6 Å². The van der Waals surface area contributed by atoms with Crippen molar-refractivity contribution >= 4 is 16.2 Å². The summed E-state index contributed by atoms with van der Waals surface area (Å²) < 4.78 is 61.9. The maximum atomic E-state index is 12.1. The molecule has 1 aromatic heterocycles. The average molecular weight is 280 g/mol. The molecule has 2 heterocycles. The van der Waals surface area contributed by atoms with Crippen molar-refractivity contribution in [2.75, 3.05) is 0 Å². The van der Waals surface area contributed by atoms with Gasteiger partial charge in [0.1, 0.15) is 0 Å². The Balaban J connectivity index is 2.17. The summed E-state index contributed by atoms with van der Waals surface area (Å²) in [5.41, 5.74) is -4.32. The molecule has 0 aromatic carbocycles. The van der Waals surface area contributed by atoms with Gasteiger partial charge in [0, 0.05) is 12.4 Å². The van der Waals surface area contributed by atoms with Crippen LogP contribution in [0.4, 0.5) is 13.2 Å². The van der Waals surface area contributed by atoms with Crippen LogP contribution in [0.1, 0.15) is 11.3 Å². The number of pyridine rings is 1. The Bertz CT molecular complexity index is 583. The summed E-state index contributed by atoms with van der Waals surface area (Å²) >= 11 is 0.